The first-order chi connectivity index (χ1) is 13.5. The second kappa shape index (κ2) is 9.09. The Morgan fingerprint density at radius 1 is 1.07 bits per heavy atom. The van der Waals surface area contributed by atoms with Crippen LogP contribution in [0.25, 0.3) is 0 Å². The van der Waals surface area contributed by atoms with E-state index in [0.717, 1.165) is 0 Å². The van der Waals surface area contributed by atoms with Gasteiger partial charge in [-0.2, -0.15) is 0 Å². The maximum atomic E-state index is 13.7. The maximum Gasteiger partial charge on any atom is 0.313 e. The Bertz CT molecular complexity index is 1020. The third-order valence-electron chi connectivity index (χ3n) is 3.58. The highest BCUT2D eigenvalue weighted by atomic mass is 79.9. The summed E-state index contributed by atoms with van der Waals surface area (Å²) < 4.78 is 19.9. The summed E-state index contributed by atoms with van der Waals surface area (Å²) in [7, 11) is 0. The topological polar surface area (TPSA) is 83.7 Å². The van der Waals surface area contributed by atoms with Crippen molar-refractivity contribution in [3.05, 3.63) is 82.5 Å². The van der Waals surface area contributed by atoms with Crippen LogP contribution in [0.3, 0.4) is 0 Å². The van der Waals surface area contributed by atoms with Crippen LogP contribution < -0.4 is 10.6 Å². The fourth-order valence-corrected chi connectivity index (χ4v) is 2.57. The standard InChI is InChI=1S/C20H15BrFN3O3/c21-13-6-9-18(17(22)10-13)23-11-15-7-8-16(28-15)12-24-19(26)20(27)25-14-4-2-1-3-5-14/h1-11H,12H2,(H,24,26)(H,25,27). The van der Waals surface area contributed by atoms with Crippen molar-refractivity contribution in [2.24, 2.45) is 4.99 Å². The summed E-state index contributed by atoms with van der Waals surface area (Å²) in [5.74, 6) is -1.20. The molecule has 2 amide bonds. The number of carbonyl (C=O) groups excluding carboxylic acids is 2. The van der Waals surface area contributed by atoms with Gasteiger partial charge in [-0.15, -0.1) is 0 Å². The number of para-hydroxylation sites is 1. The molecular formula is C20H15BrFN3O3. The fraction of sp³-hybridized carbons (Fsp3) is 0.0500. The van der Waals surface area contributed by atoms with Crippen molar-refractivity contribution in [2.75, 3.05) is 5.32 Å². The Balaban J connectivity index is 1.53. The highest BCUT2D eigenvalue weighted by Crippen LogP contribution is 2.22. The molecule has 142 valence electrons. The lowest BCUT2D eigenvalue weighted by Crippen LogP contribution is -2.34. The molecule has 1 heterocycles. The zero-order valence-electron chi connectivity index (χ0n) is 14.5. The first-order valence-corrected chi connectivity index (χ1v) is 9.02. The lowest BCUT2D eigenvalue weighted by atomic mass is 10.3. The smallest absolute Gasteiger partial charge is 0.313 e. The van der Waals surface area contributed by atoms with E-state index in [1.807, 2.05) is 0 Å². The predicted molar refractivity (Wildman–Crippen MR) is 107 cm³/mol. The van der Waals surface area contributed by atoms with E-state index < -0.39 is 17.6 Å². The van der Waals surface area contributed by atoms with E-state index in [-0.39, 0.29) is 12.2 Å². The number of nitrogens with zero attached hydrogens (tertiary/aromatic N) is 1. The van der Waals surface area contributed by atoms with E-state index in [9.17, 15) is 14.0 Å². The fourth-order valence-electron chi connectivity index (χ4n) is 2.24. The molecule has 0 fully saturated rings. The third-order valence-corrected chi connectivity index (χ3v) is 4.08. The molecule has 8 heteroatoms. The summed E-state index contributed by atoms with van der Waals surface area (Å²) in [4.78, 5) is 27.7. The maximum absolute atomic E-state index is 13.7. The zero-order chi connectivity index (χ0) is 19.9. The molecule has 0 aliphatic rings. The van der Waals surface area contributed by atoms with Crippen molar-refractivity contribution in [1.82, 2.24) is 5.32 Å². The average Bonchev–Trinajstić information content (AvgIpc) is 3.14. The van der Waals surface area contributed by atoms with Crippen molar-refractivity contribution < 1.29 is 18.4 Å². The second-order valence-electron chi connectivity index (χ2n) is 5.66. The Morgan fingerprint density at radius 3 is 2.61 bits per heavy atom. The van der Waals surface area contributed by atoms with E-state index in [2.05, 4.69) is 31.6 Å². The van der Waals surface area contributed by atoms with Gasteiger partial charge in [0.05, 0.1) is 18.4 Å². The number of hydrogen-bond acceptors (Lipinski definition) is 4. The molecule has 0 saturated heterocycles. The van der Waals surface area contributed by atoms with Crippen molar-refractivity contribution in [1.29, 1.82) is 0 Å². The van der Waals surface area contributed by atoms with Crippen LogP contribution in [0.15, 0.2) is 74.5 Å². The Labute approximate surface area is 168 Å². The Kier molecular flexibility index (Phi) is 6.33. The predicted octanol–water partition coefficient (Wildman–Crippen LogP) is 4.19. The molecule has 6 nitrogen and oxygen atoms in total. The van der Waals surface area contributed by atoms with Gasteiger partial charge in [0, 0.05) is 10.2 Å². The van der Waals surface area contributed by atoms with Gasteiger partial charge in [0.25, 0.3) is 0 Å². The number of anilines is 1. The van der Waals surface area contributed by atoms with Crippen LogP contribution in [0.5, 0.6) is 0 Å². The number of nitrogens with one attached hydrogen (secondary N) is 2. The van der Waals surface area contributed by atoms with Gasteiger partial charge in [0.15, 0.2) is 0 Å². The van der Waals surface area contributed by atoms with Gasteiger partial charge in [-0.3, -0.25) is 9.59 Å². The summed E-state index contributed by atoms with van der Waals surface area (Å²) >= 11 is 3.18. The van der Waals surface area contributed by atoms with Gasteiger partial charge in [0.1, 0.15) is 17.3 Å². The number of hydrogen-bond donors (Lipinski definition) is 2. The number of carbonyl (C=O) groups is 2. The Morgan fingerprint density at radius 2 is 1.86 bits per heavy atom. The highest BCUT2D eigenvalue weighted by Gasteiger charge is 2.14. The second-order valence-corrected chi connectivity index (χ2v) is 6.58. The highest BCUT2D eigenvalue weighted by molar-refractivity contribution is 9.10. The number of benzene rings is 2. The molecule has 0 unspecified atom stereocenters. The van der Waals surface area contributed by atoms with Crippen LogP contribution >= 0.6 is 15.9 Å². The molecule has 0 aliphatic carbocycles. The van der Waals surface area contributed by atoms with Gasteiger partial charge in [-0.05, 0) is 42.5 Å². The number of rotatable bonds is 5. The molecule has 1 aromatic heterocycles. The van der Waals surface area contributed by atoms with Crippen LogP contribution in [0, 0.1) is 5.82 Å². The molecule has 2 N–H and O–H groups in total. The normalized spacial score (nSPS) is 10.8. The summed E-state index contributed by atoms with van der Waals surface area (Å²) in [6.07, 6.45) is 1.37. The average molecular weight is 444 g/mol. The number of halogens is 2. The van der Waals surface area contributed by atoms with Crippen LogP contribution in [-0.4, -0.2) is 18.0 Å². The summed E-state index contributed by atoms with van der Waals surface area (Å²) in [5, 5.41) is 4.96. The largest absolute Gasteiger partial charge is 0.458 e. The molecule has 3 rings (SSSR count). The monoisotopic (exact) mass is 443 g/mol. The number of amides is 2. The van der Waals surface area contributed by atoms with Crippen LogP contribution in [0.4, 0.5) is 15.8 Å². The molecule has 28 heavy (non-hydrogen) atoms. The van der Waals surface area contributed by atoms with Gasteiger partial charge in [-0.25, -0.2) is 9.38 Å². The molecule has 0 atom stereocenters. The van der Waals surface area contributed by atoms with Gasteiger partial charge in [0.2, 0.25) is 0 Å². The minimum absolute atomic E-state index is 0.0293. The minimum Gasteiger partial charge on any atom is -0.458 e. The zero-order valence-corrected chi connectivity index (χ0v) is 16.1. The Hall–Kier alpha value is -3.26. The number of aliphatic imine (C=N–C) groups is 1. The van der Waals surface area contributed by atoms with E-state index in [1.165, 1.54) is 18.3 Å². The van der Waals surface area contributed by atoms with E-state index in [1.54, 1.807) is 48.5 Å². The quantitative estimate of drug-likeness (QED) is 0.458. The lowest BCUT2D eigenvalue weighted by Gasteiger charge is -2.05. The van der Waals surface area contributed by atoms with Gasteiger partial charge < -0.3 is 15.1 Å². The van der Waals surface area contributed by atoms with Crippen LogP contribution in [0.2, 0.25) is 0 Å². The molecule has 0 radical (unpaired) electrons. The summed E-state index contributed by atoms with van der Waals surface area (Å²) in [6, 6.07) is 16.5. The molecule has 0 saturated carbocycles. The van der Waals surface area contributed by atoms with Crippen molar-refractivity contribution in [3.8, 4) is 0 Å². The van der Waals surface area contributed by atoms with Crippen LogP contribution in [0.1, 0.15) is 11.5 Å². The molecule has 2 aromatic carbocycles. The van der Waals surface area contributed by atoms with Crippen molar-refractivity contribution >= 4 is 45.3 Å². The molecule has 0 bridgehead atoms. The summed E-state index contributed by atoms with van der Waals surface area (Å²) in [6.45, 7) is 0.0293. The molecule has 3 aromatic rings. The summed E-state index contributed by atoms with van der Waals surface area (Å²) in [5.41, 5.74) is 0.700. The van der Waals surface area contributed by atoms with E-state index in [0.29, 0.717) is 21.7 Å². The molecular weight excluding hydrogens is 429 g/mol. The molecule has 0 spiro atoms. The first kappa shape index (κ1) is 19.5. The van der Waals surface area contributed by atoms with Crippen molar-refractivity contribution in [3.63, 3.8) is 0 Å². The minimum atomic E-state index is -0.785. The van der Waals surface area contributed by atoms with Gasteiger partial charge in [-0.1, -0.05) is 34.1 Å². The molecule has 0 aliphatic heterocycles. The van der Waals surface area contributed by atoms with Crippen molar-refractivity contribution in [2.45, 2.75) is 6.54 Å². The third kappa shape index (κ3) is 5.37. The number of furan rings is 1. The first-order valence-electron chi connectivity index (χ1n) is 8.23. The SMILES string of the molecule is O=C(NCc1ccc(C=Nc2ccc(Br)cc2F)o1)C(=O)Nc1ccccc1. The van der Waals surface area contributed by atoms with E-state index in [4.69, 9.17) is 4.42 Å². The van der Waals surface area contributed by atoms with E-state index >= 15 is 0 Å². The lowest BCUT2D eigenvalue weighted by molar-refractivity contribution is -0.136. The van der Waals surface area contributed by atoms with Gasteiger partial charge >= 0.3 is 11.8 Å². The van der Waals surface area contributed by atoms with Crippen LogP contribution in [-0.2, 0) is 16.1 Å².